The topological polar surface area (TPSA) is 44.8 Å². The van der Waals surface area contributed by atoms with Gasteiger partial charge in [0.15, 0.2) is 0 Å². The number of amides is 2. The summed E-state index contributed by atoms with van der Waals surface area (Å²) in [6.45, 7) is 5.86. The zero-order valence-electron chi connectivity index (χ0n) is 13.1. The lowest BCUT2D eigenvalue weighted by atomic mass is 9.91. The first kappa shape index (κ1) is 15.6. The van der Waals surface area contributed by atoms with Crippen molar-refractivity contribution in [1.29, 1.82) is 0 Å². The zero-order valence-corrected chi connectivity index (χ0v) is 13.1. The van der Waals surface area contributed by atoms with Crippen LogP contribution in [0.4, 0.5) is 4.79 Å². The number of nitrogens with one attached hydrogen (secondary N) is 1. The lowest BCUT2D eigenvalue weighted by molar-refractivity contribution is 0.0527. The normalized spacial score (nSPS) is 23.6. The van der Waals surface area contributed by atoms with Gasteiger partial charge in [-0.05, 0) is 38.5 Å². The Kier molecular flexibility index (Phi) is 5.66. The third-order valence-corrected chi connectivity index (χ3v) is 4.62. The molecule has 116 valence electrons. The second kappa shape index (κ2) is 7.27. The van der Waals surface area contributed by atoms with Crippen LogP contribution in [0, 0.1) is 5.92 Å². The fraction of sp³-hybridized carbons (Fsp3) is 0.933. The lowest BCUT2D eigenvalue weighted by Crippen LogP contribution is -2.51. The van der Waals surface area contributed by atoms with Crippen LogP contribution in [0.1, 0.15) is 32.6 Å². The van der Waals surface area contributed by atoms with Crippen molar-refractivity contribution in [1.82, 2.24) is 15.1 Å². The quantitative estimate of drug-likeness (QED) is 0.854. The SMILES string of the molecule is CC(NC1CCN(C(=O)N(C)C)CC1)C1CCOCC1. The van der Waals surface area contributed by atoms with Gasteiger partial charge in [0.25, 0.3) is 0 Å². The average molecular weight is 283 g/mol. The predicted octanol–water partition coefficient (Wildman–Crippen LogP) is 1.54. The van der Waals surface area contributed by atoms with E-state index in [1.807, 2.05) is 19.0 Å². The maximum absolute atomic E-state index is 11.9. The molecule has 1 unspecified atom stereocenters. The van der Waals surface area contributed by atoms with E-state index in [9.17, 15) is 4.79 Å². The minimum absolute atomic E-state index is 0.140. The van der Waals surface area contributed by atoms with Crippen molar-refractivity contribution in [3.63, 3.8) is 0 Å². The highest BCUT2D eigenvalue weighted by Crippen LogP contribution is 2.20. The largest absolute Gasteiger partial charge is 0.381 e. The summed E-state index contributed by atoms with van der Waals surface area (Å²) >= 11 is 0. The smallest absolute Gasteiger partial charge is 0.319 e. The Morgan fingerprint density at radius 3 is 2.35 bits per heavy atom. The fourth-order valence-corrected chi connectivity index (χ4v) is 3.24. The molecule has 2 fully saturated rings. The van der Waals surface area contributed by atoms with Gasteiger partial charge in [0.2, 0.25) is 0 Å². The summed E-state index contributed by atoms with van der Waals surface area (Å²) in [5.74, 6) is 0.741. The molecule has 0 aromatic carbocycles. The molecule has 2 rings (SSSR count). The number of likely N-dealkylation sites (tertiary alicyclic amines) is 1. The third kappa shape index (κ3) is 4.09. The predicted molar refractivity (Wildman–Crippen MR) is 79.8 cm³/mol. The number of hydrogen-bond acceptors (Lipinski definition) is 3. The van der Waals surface area contributed by atoms with E-state index in [4.69, 9.17) is 4.74 Å². The van der Waals surface area contributed by atoms with E-state index in [2.05, 4.69) is 12.2 Å². The van der Waals surface area contributed by atoms with Crippen molar-refractivity contribution in [2.75, 3.05) is 40.4 Å². The molecule has 5 heteroatoms. The van der Waals surface area contributed by atoms with Gasteiger partial charge in [-0.3, -0.25) is 0 Å². The van der Waals surface area contributed by atoms with Gasteiger partial charge in [-0.25, -0.2) is 4.79 Å². The molecule has 2 aliphatic rings. The van der Waals surface area contributed by atoms with Crippen LogP contribution in [0.2, 0.25) is 0 Å². The molecule has 0 aromatic heterocycles. The molecule has 0 saturated carbocycles. The number of carbonyl (C=O) groups is 1. The number of nitrogens with zero attached hydrogens (tertiary/aromatic N) is 2. The molecule has 2 amide bonds. The Morgan fingerprint density at radius 1 is 1.20 bits per heavy atom. The van der Waals surface area contributed by atoms with Gasteiger partial charge in [0.05, 0.1) is 0 Å². The molecule has 0 aliphatic carbocycles. The number of piperidine rings is 1. The molecule has 2 saturated heterocycles. The van der Waals surface area contributed by atoms with E-state index in [1.54, 1.807) is 4.90 Å². The van der Waals surface area contributed by atoms with Gasteiger partial charge in [0.1, 0.15) is 0 Å². The summed E-state index contributed by atoms with van der Waals surface area (Å²) in [6.07, 6.45) is 4.47. The second-order valence-corrected chi connectivity index (χ2v) is 6.34. The second-order valence-electron chi connectivity index (χ2n) is 6.34. The van der Waals surface area contributed by atoms with Crippen LogP contribution < -0.4 is 5.32 Å². The van der Waals surface area contributed by atoms with Gasteiger partial charge >= 0.3 is 6.03 Å². The van der Waals surface area contributed by atoms with Gasteiger partial charge in [-0.1, -0.05) is 0 Å². The first-order valence-corrected chi connectivity index (χ1v) is 7.88. The Morgan fingerprint density at radius 2 is 1.80 bits per heavy atom. The summed E-state index contributed by atoms with van der Waals surface area (Å²) in [7, 11) is 3.64. The minimum atomic E-state index is 0.140. The molecule has 1 atom stereocenters. The average Bonchev–Trinajstić information content (AvgIpc) is 2.48. The first-order chi connectivity index (χ1) is 9.58. The summed E-state index contributed by atoms with van der Waals surface area (Å²) in [6, 6.07) is 1.25. The van der Waals surface area contributed by atoms with E-state index in [-0.39, 0.29) is 6.03 Å². The molecular formula is C15H29N3O2. The zero-order chi connectivity index (χ0) is 14.5. The molecular weight excluding hydrogens is 254 g/mol. The maximum atomic E-state index is 11.9. The molecule has 2 aliphatic heterocycles. The molecule has 2 heterocycles. The fourth-order valence-electron chi connectivity index (χ4n) is 3.24. The van der Waals surface area contributed by atoms with Crippen LogP contribution >= 0.6 is 0 Å². The number of urea groups is 1. The third-order valence-electron chi connectivity index (χ3n) is 4.62. The van der Waals surface area contributed by atoms with Crippen molar-refractivity contribution in [3.05, 3.63) is 0 Å². The van der Waals surface area contributed by atoms with E-state index in [0.717, 1.165) is 45.1 Å². The summed E-state index contributed by atoms with van der Waals surface area (Å²) in [5, 5.41) is 3.77. The summed E-state index contributed by atoms with van der Waals surface area (Å²) in [4.78, 5) is 15.5. The number of ether oxygens (including phenoxy) is 1. The van der Waals surface area contributed by atoms with E-state index >= 15 is 0 Å². The molecule has 0 bridgehead atoms. The van der Waals surface area contributed by atoms with Crippen LogP contribution in [0.25, 0.3) is 0 Å². The number of rotatable bonds is 3. The lowest BCUT2D eigenvalue weighted by Gasteiger charge is -2.37. The summed E-state index contributed by atoms with van der Waals surface area (Å²) < 4.78 is 5.43. The summed E-state index contributed by atoms with van der Waals surface area (Å²) in [5.41, 5.74) is 0. The van der Waals surface area contributed by atoms with E-state index in [0.29, 0.717) is 12.1 Å². The highest BCUT2D eigenvalue weighted by atomic mass is 16.5. The molecule has 0 aromatic rings. The van der Waals surface area contributed by atoms with E-state index in [1.165, 1.54) is 12.8 Å². The van der Waals surface area contributed by atoms with Crippen LogP contribution in [-0.4, -0.2) is 68.3 Å². The van der Waals surface area contributed by atoms with Crippen molar-refractivity contribution < 1.29 is 9.53 Å². The van der Waals surface area contributed by atoms with Crippen LogP contribution in [0.15, 0.2) is 0 Å². The number of hydrogen-bond donors (Lipinski definition) is 1. The Hall–Kier alpha value is -0.810. The van der Waals surface area contributed by atoms with Crippen molar-refractivity contribution >= 4 is 6.03 Å². The van der Waals surface area contributed by atoms with Crippen molar-refractivity contribution in [3.8, 4) is 0 Å². The first-order valence-electron chi connectivity index (χ1n) is 7.88. The molecule has 5 nitrogen and oxygen atoms in total. The van der Waals surface area contributed by atoms with Gasteiger partial charge < -0.3 is 19.9 Å². The molecule has 1 N–H and O–H groups in total. The van der Waals surface area contributed by atoms with Crippen molar-refractivity contribution in [2.24, 2.45) is 5.92 Å². The monoisotopic (exact) mass is 283 g/mol. The maximum Gasteiger partial charge on any atom is 0.319 e. The van der Waals surface area contributed by atoms with Crippen LogP contribution in [0.3, 0.4) is 0 Å². The van der Waals surface area contributed by atoms with Crippen LogP contribution in [-0.2, 0) is 4.74 Å². The Balaban J connectivity index is 1.72. The minimum Gasteiger partial charge on any atom is -0.381 e. The number of carbonyl (C=O) groups excluding carboxylic acids is 1. The molecule has 0 spiro atoms. The Bertz CT molecular complexity index is 308. The highest BCUT2D eigenvalue weighted by Gasteiger charge is 2.27. The highest BCUT2D eigenvalue weighted by molar-refractivity contribution is 5.73. The van der Waals surface area contributed by atoms with Gasteiger partial charge in [-0.15, -0.1) is 0 Å². The van der Waals surface area contributed by atoms with Gasteiger partial charge in [-0.2, -0.15) is 0 Å². The van der Waals surface area contributed by atoms with Crippen LogP contribution in [0.5, 0.6) is 0 Å². The standard InChI is InChI=1S/C15H29N3O2/c1-12(13-6-10-20-11-7-13)16-14-4-8-18(9-5-14)15(19)17(2)3/h12-14,16H,4-11H2,1-3H3. The van der Waals surface area contributed by atoms with Crippen molar-refractivity contribution in [2.45, 2.75) is 44.7 Å². The van der Waals surface area contributed by atoms with E-state index < -0.39 is 0 Å². The Labute approximate surface area is 122 Å². The molecule has 0 radical (unpaired) electrons. The molecule has 20 heavy (non-hydrogen) atoms. The van der Waals surface area contributed by atoms with Gasteiger partial charge in [0, 0.05) is 52.5 Å².